The first-order valence-electron chi connectivity index (χ1n) is 4.50. The van der Waals surface area contributed by atoms with Crippen LogP contribution in [-0.2, 0) is 9.53 Å². The van der Waals surface area contributed by atoms with Gasteiger partial charge in [-0.25, -0.2) is 9.59 Å². The largest absolute Gasteiger partial charge is 0.465 e. The molecule has 0 heterocycles. The molecule has 0 aliphatic heterocycles. The highest BCUT2D eigenvalue weighted by molar-refractivity contribution is 5.88. The number of nitrogens with one attached hydrogen (secondary N) is 1. The molecule has 14 heavy (non-hydrogen) atoms. The molecule has 1 rings (SSSR count). The molecule has 1 aliphatic carbocycles. The Morgan fingerprint density at radius 3 is 2.14 bits per heavy atom. The summed E-state index contributed by atoms with van der Waals surface area (Å²) in [6, 6.07) is 0. The molecule has 0 aromatic heterocycles. The zero-order chi connectivity index (χ0) is 11.0. The molecule has 0 aromatic carbocycles. The van der Waals surface area contributed by atoms with Crippen LogP contribution in [0.25, 0.3) is 0 Å². The summed E-state index contributed by atoms with van der Waals surface area (Å²) < 4.78 is 5.10. The molecule has 0 spiro atoms. The Labute approximate surface area is 82.4 Å². The van der Waals surface area contributed by atoms with Crippen LogP contribution in [0.4, 0.5) is 4.79 Å². The first-order chi connectivity index (χ1) is 6.25. The number of carboxylic acid groups (broad SMARTS) is 1. The minimum atomic E-state index is -1.19. The van der Waals surface area contributed by atoms with Crippen LogP contribution in [0.5, 0.6) is 0 Å². The van der Waals surface area contributed by atoms with Gasteiger partial charge in [0.2, 0.25) is 0 Å². The molecule has 0 bridgehead atoms. The monoisotopic (exact) mass is 201 g/mol. The zero-order valence-electron chi connectivity index (χ0n) is 8.59. The van der Waals surface area contributed by atoms with Crippen LogP contribution in [0, 0.1) is 0 Å². The average molecular weight is 201 g/mol. The molecule has 1 aliphatic rings. The highest BCUT2D eigenvalue weighted by Crippen LogP contribution is 2.37. The molecule has 0 unspecified atom stereocenters. The van der Waals surface area contributed by atoms with E-state index < -0.39 is 23.2 Å². The number of ether oxygens (including phenoxy) is 1. The summed E-state index contributed by atoms with van der Waals surface area (Å²) in [5.74, 6) is -0.479. The van der Waals surface area contributed by atoms with Crippen LogP contribution in [0.3, 0.4) is 0 Å². The summed E-state index contributed by atoms with van der Waals surface area (Å²) >= 11 is 0. The Kier molecular flexibility index (Phi) is 2.43. The predicted octanol–water partition coefficient (Wildman–Crippen LogP) is 1.13. The van der Waals surface area contributed by atoms with E-state index in [-0.39, 0.29) is 0 Å². The fourth-order valence-electron chi connectivity index (χ4n) is 1.09. The molecule has 0 aromatic rings. The Morgan fingerprint density at radius 2 is 1.86 bits per heavy atom. The second-order valence-electron chi connectivity index (χ2n) is 4.51. The average Bonchev–Trinajstić information content (AvgIpc) is 2.63. The molecule has 5 nitrogen and oxygen atoms in total. The van der Waals surface area contributed by atoms with Crippen LogP contribution in [-0.4, -0.2) is 28.3 Å². The highest BCUT2D eigenvalue weighted by atomic mass is 16.6. The van der Waals surface area contributed by atoms with Gasteiger partial charge in [-0.05, 0) is 33.6 Å². The minimum absolute atomic E-state index is 0.479. The Balaban J connectivity index is 2.56. The molecule has 1 fully saturated rings. The fourth-order valence-corrected chi connectivity index (χ4v) is 1.09. The molecule has 80 valence electrons. The lowest BCUT2D eigenvalue weighted by Crippen LogP contribution is -2.45. The van der Waals surface area contributed by atoms with E-state index in [2.05, 4.69) is 5.32 Å². The van der Waals surface area contributed by atoms with Crippen LogP contribution >= 0.6 is 0 Å². The van der Waals surface area contributed by atoms with Gasteiger partial charge in [0.25, 0.3) is 0 Å². The zero-order valence-corrected chi connectivity index (χ0v) is 8.59. The van der Waals surface area contributed by atoms with E-state index in [1.807, 2.05) is 0 Å². The summed E-state index contributed by atoms with van der Waals surface area (Å²) in [6.45, 7) is 5.26. The maximum Gasteiger partial charge on any atom is 0.405 e. The summed E-state index contributed by atoms with van der Waals surface area (Å²) in [5.41, 5.74) is -1.55. The van der Waals surface area contributed by atoms with Crippen molar-refractivity contribution in [3.63, 3.8) is 0 Å². The van der Waals surface area contributed by atoms with Crippen molar-refractivity contribution in [1.29, 1.82) is 0 Å². The number of amides is 1. The van der Waals surface area contributed by atoms with Crippen LogP contribution in [0.2, 0.25) is 0 Å². The molecule has 0 atom stereocenters. The molecule has 0 saturated heterocycles. The second kappa shape index (κ2) is 3.15. The second-order valence-corrected chi connectivity index (χ2v) is 4.51. The van der Waals surface area contributed by atoms with Gasteiger partial charge in [0.05, 0.1) is 0 Å². The maximum absolute atomic E-state index is 11.5. The third-order valence-corrected chi connectivity index (χ3v) is 1.89. The van der Waals surface area contributed by atoms with Gasteiger partial charge in [-0.3, -0.25) is 0 Å². The van der Waals surface area contributed by atoms with Crippen molar-refractivity contribution in [3.05, 3.63) is 0 Å². The molecule has 1 amide bonds. The van der Waals surface area contributed by atoms with Gasteiger partial charge in [0.1, 0.15) is 11.1 Å². The number of carbonyl (C=O) groups is 2. The van der Waals surface area contributed by atoms with Gasteiger partial charge in [0.15, 0.2) is 0 Å². The highest BCUT2D eigenvalue weighted by Gasteiger charge is 2.53. The van der Waals surface area contributed by atoms with Gasteiger partial charge in [-0.2, -0.15) is 0 Å². The van der Waals surface area contributed by atoms with Crippen molar-refractivity contribution in [2.24, 2.45) is 0 Å². The van der Waals surface area contributed by atoms with Crippen molar-refractivity contribution in [1.82, 2.24) is 5.32 Å². The van der Waals surface area contributed by atoms with E-state index in [4.69, 9.17) is 9.84 Å². The SMILES string of the molecule is CC(C)(C)OC(=O)C1(NC(=O)O)CC1. The van der Waals surface area contributed by atoms with Gasteiger partial charge >= 0.3 is 12.1 Å². The van der Waals surface area contributed by atoms with Crippen LogP contribution in [0.1, 0.15) is 33.6 Å². The quantitative estimate of drug-likeness (QED) is 0.656. The number of hydrogen-bond donors (Lipinski definition) is 2. The molecular weight excluding hydrogens is 186 g/mol. The summed E-state index contributed by atoms with van der Waals surface area (Å²) in [5, 5.41) is 10.7. The lowest BCUT2D eigenvalue weighted by atomic mass is 10.2. The van der Waals surface area contributed by atoms with E-state index in [0.717, 1.165) is 0 Å². The molecule has 2 N–H and O–H groups in total. The summed E-state index contributed by atoms with van der Waals surface area (Å²) in [6.07, 6.45) is -0.143. The van der Waals surface area contributed by atoms with E-state index in [0.29, 0.717) is 12.8 Å². The topological polar surface area (TPSA) is 75.6 Å². The molecular formula is C9H15NO4. The van der Waals surface area contributed by atoms with Gasteiger partial charge in [-0.15, -0.1) is 0 Å². The first kappa shape index (κ1) is 10.8. The number of carbonyl (C=O) groups excluding carboxylic acids is 1. The third-order valence-electron chi connectivity index (χ3n) is 1.89. The smallest absolute Gasteiger partial charge is 0.405 e. The normalized spacial score (nSPS) is 18.5. The van der Waals surface area contributed by atoms with Crippen molar-refractivity contribution in [2.75, 3.05) is 0 Å². The Hall–Kier alpha value is -1.26. The number of esters is 1. The van der Waals surface area contributed by atoms with Gasteiger partial charge in [0, 0.05) is 0 Å². The molecule has 5 heteroatoms. The predicted molar refractivity (Wildman–Crippen MR) is 49.0 cm³/mol. The summed E-state index contributed by atoms with van der Waals surface area (Å²) in [7, 11) is 0. The van der Waals surface area contributed by atoms with E-state index in [9.17, 15) is 9.59 Å². The van der Waals surface area contributed by atoms with E-state index in [1.165, 1.54) is 0 Å². The first-order valence-corrected chi connectivity index (χ1v) is 4.50. The fraction of sp³-hybridized carbons (Fsp3) is 0.778. The van der Waals surface area contributed by atoms with Gasteiger partial charge in [-0.1, -0.05) is 0 Å². The van der Waals surface area contributed by atoms with Crippen molar-refractivity contribution >= 4 is 12.1 Å². The number of rotatable bonds is 2. The Bertz CT molecular complexity index is 262. The maximum atomic E-state index is 11.5. The summed E-state index contributed by atoms with van der Waals surface area (Å²) in [4.78, 5) is 21.9. The van der Waals surface area contributed by atoms with E-state index >= 15 is 0 Å². The van der Waals surface area contributed by atoms with Crippen molar-refractivity contribution in [3.8, 4) is 0 Å². The number of hydrogen-bond acceptors (Lipinski definition) is 3. The minimum Gasteiger partial charge on any atom is -0.465 e. The molecule has 1 saturated carbocycles. The lowest BCUT2D eigenvalue weighted by Gasteiger charge is -2.23. The van der Waals surface area contributed by atoms with Gasteiger partial charge < -0.3 is 15.2 Å². The third kappa shape index (κ3) is 2.61. The lowest BCUT2D eigenvalue weighted by molar-refractivity contribution is -0.158. The van der Waals surface area contributed by atoms with Crippen LogP contribution < -0.4 is 5.32 Å². The Morgan fingerprint density at radius 1 is 1.36 bits per heavy atom. The van der Waals surface area contributed by atoms with Crippen LogP contribution in [0.15, 0.2) is 0 Å². The molecule has 0 radical (unpaired) electrons. The van der Waals surface area contributed by atoms with Crippen molar-refractivity contribution < 1.29 is 19.4 Å². The van der Waals surface area contributed by atoms with E-state index in [1.54, 1.807) is 20.8 Å². The standard InChI is InChI=1S/C9H15NO4/c1-8(2,3)14-6(11)9(4-5-9)10-7(12)13/h10H,4-5H2,1-3H3,(H,12,13). The van der Waals surface area contributed by atoms with Crippen molar-refractivity contribution in [2.45, 2.75) is 44.8 Å².